The number of aromatic nitrogens is 2. The molecule has 0 bridgehead atoms. The third kappa shape index (κ3) is 1.37. The van der Waals surface area contributed by atoms with Crippen LogP contribution < -0.4 is 0 Å². The molecule has 3 nitrogen and oxygen atoms in total. The van der Waals surface area contributed by atoms with E-state index in [9.17, 15) is 0 Å². The van der Waals surface area contributed by atoms with Crippen molar-refractivity contribution in [3.8, 4) is 10.7 Å². The molecule has 2 aromatic heterocycles. The minimum atomic E-state index is 0.583. The minimum Gasteiger partial charge on any atom is -0.339 e. The predicted molar refractivity (Wildman–Crippen MR) is 49.6 cm³/mol. The molecule has 0 aliphatic heterocycles. The van der Waals surface area contributed by atoms with Gasteiger partial charge in [-0.3, -0.25) is 0 Å². The molecule has 2 rings (SSSR count). The lowest BCUT2D eigenvalue weighted by atomic mass is 10.4. The highest BCUT2D eigenvalue weighted by Gasteiger charge is 2.06. The fourth-order valence-electron chi connectivity index (χ4n) is 0.847. The molecule has 12 heavy (non-hydrogen) atoms. The van der Waals surface area contributed by atoms with Gasteiger partial charge in [0.1, 0.15) is 0 Å². The fraction of sp³-hybridized carbons (Fsp3) is 0.143. The van der Waals surface area contributed by atoms with Crippen LogP contribution in [-0.2, 0) is 0 Å². The Hall–Kier alpha value is -0.810. The summed E-state index contributed by atoms with van der Waals surface area (Å²) in [5.74, 6) is 1.22. The van der Waals surface area contributed by atoms with Crippen molar-refractivity contribution >= 4 is 24.0 Å². The summed E-state index contributed by atoms with van der Waals surface area (Å²) in [7, 11) is 0. The van der Waals surface area contributed by atoms with Gasteiger partial charge in [0.2, 0.25) is 11.7 Å². The first-order chi connectivity index (χ1) is 5.75. The van der Waals surface area contributed by atoms with Crippen LogP contribution >= 0.6 is 24.0 Å². The number of thiophene rings is 1. The van der Waals surface area contributed by atoms with Crippen molar-refractivity contribution in [2.45, 2.75) is 11.1 Å². The molecule has 0 atom stereocenters. The predicted octanol–water partition coefficient (Wildman–Crippen LogP) is 2.40. The Bertz CT molecular complexity index is 355. The second-order valence-electron chi connectivity index (χ2n) is 2.27. The zero-order valence-electron chi connectivity index (χ0n) is 6.31. The summed E-state index contributed by atoms with van der Waals surface area (Å²) in [5, 5.41) is 3.79. The molecule has 0 unspecified atom stereocenters. The van der Waals surface area contributed by atoms with E-state index < -0.39 is 0 Å². The van der Waals surface area contributed by atoms with Gasteiger partial charge in [0.25, 0.3) is 0 Å². The first-order valence-corrected chi connectivity index (χ1v) is 4.61. The minimum absolute atomic E-state index is 0.583. The van der Waals surface area contributed by atoms with E-state index in [1.54, 1.807) is 6.92 Å². The summed E-state index contributed by atoms with van der Waals surface area (Å²) in [6.07, 6.45) is 0. The molecule has 0 radical (unpaired) electrons. The average molecular weight is 198 g/mol. The fourth-order valence-corrected chi connectivity index (χ4v) is 1.89. The molecule has 0 aliphatic carbocycles. The molecule has 0 amide bonds. The van der Waals surface area contributed by atoms with E-state index in [-0.39, 0.29) is 0 Å². The van der Waals surface area contributed by atoms with Gasteiger partial charge in [0.05, 0.1) is 9.09 Å². The van der Waals surface area contributed by atoms with E-state index in [1.165, 1.54) is 11.3 Å². The van der Waals surface area contributed by atoms with E-state index >= 15 is 0 Å². The highest BCUT2D eigenvalue weighted by Crippen LogP contribution is 2.27. The third-order valence-electron chi connectivity index (χ3n) is 1.34. The normalized spacial score (nSPS) is 10.5. The van der Waals surface area contributed by atoms with Crippen LogP contribution in [0.4, 0.5) is 0 Å². The van der Waals surface area contributed by atoms with Gasteiger partial charge >= 0.3 is 0 Å². The average Bonchev–Trinajstić information content (AvgIpc) is 2.58. The zero-order chi connectivity index (χ0) is 8.55. The maximum Gasteiger partial charge on any atom is 0.223 e. The summed E-state index contributed by atoms with van der Waals surface area (Å²) < 4.78 is 5.80. The Labute approximate surface area is 78.8 Å². The Balaban J connectivity index is 2.43. The lowest BCUT2D eigenvalue weighted by molar-refractivity contribution is 0.394. The van der Waals surface area contributed by atoms with Gasteiger partial charge in [-0.1, -0.05) is 5.16 Å². The molecule has 0 aromatic carbocycles. The molecule has 2 aromatic rings. The standard InChI is InChI=1S/C7H6N2OS2/c1-4-8-7(9-10-4)5-2-3-6(11)12-5/h2-3,11H,1H3. The van der Waals surface area contributed by atoms with E-state index in [2.05, 4.69) is 22.8 Å². The second-order valence-corrected chi connectivity index (χ2v) is 4.14. The molecule has 5 heteroatoms. The van der Waals surface area contributed by atoms with Gasteiger partial charge < -0.3 is 4.52 Å². The van der Waals surface area contributed by atoms with Crippen LogP contribution in [0.15, 0.2) is 20.9 Å². The van der Waals surface area contributed by atoms with Crippen LogP contribution in [0.25, 0.3) is 10.7 Å². The van der Waals surface area contributed by atoms with Gasteiger partial charge in [-0.15, -0.1) is 24.0 Å². The number of rotatable bonds is 1. The molecular formula is C7H6N2OS2. The molecule has 0 saturated carbocycles. The quantitative estimate of drug-likeness (QED) is 0.715. The molecule has 2 heterocycles. The zero-order valence-corrected chi connectivity index (χ0v) is 8.02. The first-order valence-electron chi connectivity index (χ1n) is 3.35. The van der Waals surface area contributed by atoms with Crippen LogP contribution in [0.3, 0.4) is 0 Å². The molecule has 0 fully saturated rings. The summed E-state index contributed by atoms with van der Waals surface area (Å²) in [6.45, 7) is 1.77. The van der Waals surface area contributed by atoms with Crippen LogP contribution in [0.2, 0.25) is 0 Å². The highest BCUT2D eigenvalue weighted by molar-refractivity contribution is 7.83. The van der Waals surface area contributed by atoms with Crippen LogP contribution in [0.5, 0.6) is 0 Å². The Kier molecular flexibility index (Phi) is 1.90. The van der Waals surface area contributed by atoms with Crippen molar-refractivity contribution in [1.29, 1.82) is 0 Å². The third-order valence-corrected chi connectivity index (χ3v) is 2.65. The Morgan fingerprint density at radius 2 is 2.33 bits per heavy atom. The molecular weight excluding hydrogens is 192 g/mol. The molecule has 0 N–H and O–H groups in total. The smallest absolute Gasteiger partial charge is 0.223 e. The van der Waals surface area contributed by atoms with Gasteiger partial charge in [0, 0.05) is 6.92 Å². The Morgan fingerprint density at radius 1 is 1.50 bits per heavy atom. The van der Waals surface area contributed by atoms with Crippen molar-refractivity contribution in [3.63, 3.8) is 0 Å². The summed E-state index contributed by atoms with van der Waals surface area (Å²) in [6, 6.07) is 3.84. The van der Waals surface area contributed by atoms with Gasteiger partial charge in [-0.25, -0.2) is 0 Å². The van der Waals surface area contributed by atoms with Gasteiger partial charge in [-0.05, 0) is 12.1 Å². The van der Waals surface area contributed by atoms with E-state index in [1.807, 2.05) is 12.1 Å². The van der Waals surface area contributed by atoms with Crippen molar-refractivity contribution in [1.82, 2.24) is 10.1 Å². The molecule has 62 valence electrons. The number of hydrogen-bond donors (Lipinski definition) is 1. The molecule has 0 spiro atoms. The van der Waals surface area contributed by atoms with Gasteiger partial charge in [-0.2, -0.15) is 4.98 Å². The van der Waals surface area contributed by atoms with Crippen molar-refractivity contribution < 1.29 is 4.52 Å². The SMILES string of the molecule is Cc1nc(-c2ccc(S)s2)no1. The Morgan fingerprint density at radius 3 is 2.83 bits per heavy atom. The lowest BCUT2D eigenvalue weighted by Gasteiger charge is -1.81. The van der Waals surface area contributed by atoms with Crippen molar-refractivity contribution in [2.24, 2.45) is 0 Å². The number of nitrogens with zero attached hydrogens (tertiary/aromatic N) is 2. The maximum absolute atomic E-state index is 4.85. The number of hydrogen-bond acceptors (Lipinski definition) is 5. The van der Waals surface area contributed by atoms with Gasteiger partial charge in [0.15, 0.2) is 0 Å². The van der Waals surface area contributed by atoms with Crippen molar-refractivity contribution in [3.05, 3.63) is 18.0 Å². The molecule has 0 saturated heterocycles. The van der Waals surface area contributed by atoms with Crippen LogP contribution in [-0.4, -0.2) is 10.1 Å². The second kappa shape index (κ2) is 2.91. The summed E-state index contributed by atoms with van der Waals surface area (Å²) >= 11 is 5.73. The molecule has 0 aliphatic rings. The summed E-state index contributed by atoms with van der Waals surface area (Å²) in [4.78, 5) is 5.08. The van der Waals surface area contributed by atoms with E-state index in [0.717, 1.165) is 9.09 Å². The monoisotopic (exact) mass is 198 g/mol. The van der Waals surface area contributed by atoms with Crippen LogP contribution in [0.1, 0.15) is 5.89 Å². The van der Waals surface area contributed by atoms with Crippen molar-refractivity contribution in [2.75, 3.05) is 0 Å². The van der Waals surface area contributed by atoms with E-state index in [4.69, 9.17) is 4.52 Å². The largest absolute Gasteiger partial charge is 0.339 e. The summed E-state index contributed by atoms with van der Waals surface area (Å²) in [5.41, 5.74) is 0. The first kappa shape index (κ1) is 7.82. The highest BCUT2D eigenvalue weighted by atomic mass is 32.2. The maximum atomic E-state index is 4.85. The number of aryl methyl sites for hydroxylation is 1. The van der Waals surface area contributed by atoms with E-state index in [0.29, 0.717) is 11.7 Å². The lowest BCUT2D eigenvalue weighted by Crippen LogP contribution is -1.73. The van der Waals surface area contributed by atoms with Crippen LogP contribution in [0, 0.1) is 6.92 Å². The topological polar surface area (TPSA) is 38.9 Å². The number of thiol groups is 1.